The highest BCUT2D eigenvalue weighted by Gasteiger charge is 2.19. The zero-order chi connectivity index (χ0) is 16.5. The third-order valence-corrected chi connectivity index (χ3v) is 4.57. The van der Waals surface area contributed by atoms with Gasteiger partial charge in [0.25, 0.3) is 5.91 Å². The van der Waals surface area contributed by atoms with Crippen molar-refractivity contribution in [1.82, 2.24) is 10.3 Å². The SMILES string of the molecule is CC(NC(=O)c1csc(-c2ccco2)n1)c1ccc2c(c1)OCO2. The topological polar surface area (TPSA) is 73.6 Å². The quantitative estimate of drug-likeness (QED) is 0.784. The van der Waals surface area contributed by atoms with Crippen molar-refractivity contribution in [2.45, 2.75) is 13.0 Å². The van der Waals surface area contributed by atoms with Crippen LogP contribution in [0, 0.1) is 0 Å². The molecular formula is C17H14N2O4S. The fraction of sp³-hybridized carbons (Fsp3) is 0.176. The summed E-state index contributed by atoms with van der Waals surface area (Å²) in [6.07, 6.45) is 1.58. The summed E-state index contributed by atoms with van der Waals surface area (Å²) in [6, 6.07) is 9.06. The minimum Gasteiger partial charge on any atom is -0.462 e. The highest BCUT2D eigenvalue weighted by molar-refractivity contribution is 7.13. The van der Waals surface area contributed by atoms with E-state index in [2.05, 4.69) is 10.3 Å². The molecule has 0 saturated carbocycles. The van der Waals surface area contributed by atoms with Crippen molar-refractivity contribution in [3.8, 4) is 22.3 Å². The monoisotopic (exact) mass is 342 g/mol. The van der Waals surface area contributed by atoms with E-state index >= 15 is 0 Å². The van der Waals surface area contributed by atoms with Crippen LogP contribution in [0.2, 0.25) is 0 Å². The Labute approximate surface area is 142 Å². The Balaban J connectivity index is 1.47. The molecule has 0 bridgehead atoms. The summed E-state index contributed by atoms with van der Waals surface area (Å²) in [5.74, 6) is 1.85. The fourth-order valence-electron chi connectivity index (χ4n) is 2.43. The van der Waals surface area contributed by atoms with Crippen LogP contribution in [0.5, 0.6) is 11.5 Å². The number of ether oxygens (including phenoxy) is 2. The van der Waals surface area contributed by atoms with Gasteiger partial charge < -0.3 is 19.2 Å². The summed E-state index contributed by atoms with van der Waals surface area (Å²) in [4.78, 5) is 16.7. The molecule has 0 fully saturated rings. The number of carbonyl (C=O) groups is 1. The first-order valence-electron chi connectivity index (χ1n) is 7.40. The van der Waals surface area contributed by atoms with Gasteiger partial charge >= 0.3 is 0 Å². The fourth-order valence-corrected chi connectivity index (χ4v) is 3.19. The van der Waals surface area contributed by atoms with Gasteiger partial charge in [-0.3, -0.25) is 4.79 Å². The van der Waals surface area contributed by atoms with E-state index in [-0.39, 0.29) is 18.7 Å². The van der Waals surface area contributed by atoms with Crippen molar-refractivity contribution in [1.29, 1.82) is 0 Å². The molecule has 0 aliphatic carbocycles. The van der Waals surface area contributed by atoms with E-state index in [1.165, 1.54) is 11.3 Å². The first kappa shape index (κ1) is 14.8. The molecule has 1 atom stereocenters. The van der Waals surface area contributed by atoms with E-state index in [1.54, 1.807) is 17.7 Å². The molecule has 1 unspecified atom stereocenters. The molecule has 1 aromatic carbocycles. The number of hydrogen-bond acceptors (Lipinski definition) is 6. The first-order valence-corrected chi connectivity index (χ1v) is 8.28. The van der Waals surface area contributed by atoms with Crippen LogP contribution in [-0.4, -0.2) is 17.7 Å². The van der Waals surface area contributed by atoms with Crippen molar-refractivity contribution in [3.05, 3.63) is 53.2 Å². The van der Waals surface area contributed by atoms with Crippen molar-refractivity contribution in [3.63, 3.8) is 0 Å². The number of furan rings is 1. The number of nitrogens with zero attached hydrogens (tertiary/aromatic N) is 1. The molecule has 1 amide bonds. The molecule has 6 nitrogen and oxygen atoms in total. The molecule has 4 rings (SSSR count). The third-order valence-electron chi connectivity index (χ3n) is 3.71. The largest absolute Gasteiger partial charge is 0.462 e. The predicted molar refractivity (Wildman–Crippen MR) is 88.3 cm³/mol. The number of nitrogens with one attached hydrogen (secondary N) is 1. The maximum absolute atomic E-state index is 12.4. The van der Waals surface area contributed by atoms with Crippen LogP contribution in [0.1, 0.15) is 29.0 Å². The van der Waals surface area contributed by atoms with Gasteiger partial charge in [-0.15, -0.1) is 11.3 Å². The Bertz CT molecular complexity index is 873. The molecule has 3 heterocycles. The molecule has 0 radical (unpaired) electrons. The summed E-state index contributed by atoms with van der Waals surface area (Å²) in [6.45, 7) is 2.14. The van der Waals surface area contributed by atoms with Crippen LogP contribution in [0.3, 0.4) is 0 Å². The number of thiazole rings is 1. The summed E-state index contributed by atoms with van der Waals surface area (Å²) in [5, 5.41) is 5.34. The summed E-state index contributed by atoms with van der Waals surface area (Å²) in [5.41, 5.74) is 1.31. The Morgan fingerprint density at radius 3 is 3.00 bits per heavy atom. The standard InChI is InChI=1S/C17H14N2O4S/c1-10(11-4-5-13-15(7-11)23-9-22-13)18-16(20)12-8-24-17(19-12)14-3-2-6-21-14/h2-8,10H,9H2,1H3,(H,18,20). The molecule has 0 saturated heterocycles. The lowest BCUT2D eigenvalue weighted by molar-refractivity contribution is 0.0935. The second-order valence-electron chi connectivity index (χ2n) is 5.32. The Hall–Kier alpha value is -2.80. The number of aromatic nitrogens is 1. The zero-order valence-corrected chi connectivity index (χ0v) is 13.6. The number of amides is 1. The molecule has 2 aromatic heterocycles. The van der Waals surface area contributed by atoms with Crippen LogP contribution >= 0.6 is 11.3 Å². The summed E-state index contributed by atoms with van der Waals surface area (Å²) < 4.78 is 16.0. The highest BCUT2D eigenvalue weighted by atomic mass is 32.1. The molecule has 1 N–H and O–H groups in total. The maximum Gasteiger partial charge on any atom is 0.271 e. The first-order chi connectivity index (χ1) is 11.7. The molecule has 1 aliphatic heterocycles. The van der Waals surface area contributed by atoms with Crippen molar-refractivity contribution in [2.75, 3.05) is 6.79 Å². The summed E-state index contributed by atoms with van der Waals surface area (Å²) in [7, 11) is 0. The van der Waals surface area contributed by atoms with Crippen molar-refractivity contribution >= 4 is 17.2 Å². The number of fused-ring (bicyclic) bond motifs is 1. The molecule has 1 aliphatic rings. The minimum absolute atomic E-state index is 0.180. The van der Waals surface area contributed by atoms with Crippen molar-refractivity contribution in [2.24, 2.45) is 0 Å². The predicted octanol–water partition coefficient (Wildman–Crippen LogP) is 3.62. The van der Waals surface area contributed by atoms with Crippen LogP contribution in [0.4, 0.5) is 0 Å². The van der Waals surface area contributed by atoms with Crippen LogP contribution in [-0.2, 0) is 0 Å². The van der Waals surface area contributed by atoms with Crippen molar-refractivity contribution < 1.29 is 18.7 Å². The van der Waals surface area contributed by atoms with Gasteiger partial charge in [0, 0.05) is 5.38 Å². The lowest BCUT2D eigenvalue weighted by Gasteiger charge is -2.14. The maximum atomic E-state index is 12.4. The van der Waals surface area contributed by atoms with E-state index in [1.807, 2.05) is 31.2 Å². The molecule has 0 spiro atoms. The van der Waals surface area contributed by atoms with Crippen LogP contribution < -0.4 is 14.8 Å². The smallest absolute Gasteiger partial charge is 0.271 e. The average Bonchev–Trinajstić information content (AvgIpc) is 3.32. The van der Waals surface area contributed by atoms with Gasteiger partial charge in [-0.05, 0) is 36.8 Å². The average molecular weight is 342 g/mol. The molecular weight excluding hydrogens is 328 g/mol. The van der Waals surface area contributed by atoms with E-state index in [4.69, 9.17) is 13.9 Å². The lowest BCUT2D eigenvalue weighted by atomic mass is 10.1. The van der Waals surface area contributed by atoms with Crippen LogP contribution in [0.25, 0.3) is 10.8 Å². The Morgan fingerprint density at radius 2 is 2.17 bits per heavy atom. The zero-order valence-electron chi connectivity index (χ0n) is 12.8. The minimum atomic E-state index is -0.228. The van der Waals surface area contributed by atoms with E-state index < -0.39 is 0 Å². The van der Waals surface area contributed by atoms with Gasteiger partial charge in [-0.1, -0.05) is 6.07 Å². The lowest BCUT2D eigenvalue weighted by Crippen LogP contribution is -2.26. The van der Waals surface area contributed by atoms with Gasteiger partial charge in [-0.25, -0.2) is 4.98 Å². The number of benzene rings is 1. The van der Waals surface area contributed by atoms with Gasteiger partial charge in [0.1, 0.15) is 5.69 Å². The number of carbonyl (C=O) groups excluding carboxylic acids is 1. The van der Waals surface area contributed by atoms with Gasteiger partial charge in [0.05, 0.1) is 12.3 Å². The van der Waals surface area contributed by atoms with Gasteiger partial charge in [0.2, 0.25) is 6.79 Å². The highest BCUT2D eigenvalue weighted by Crippen LogP contribution is 2.34. The normalized spacial score (nSPS) is 13.7. The molecule has 24 heavy (non-hydrogen) atoms. The Kier molecular flexibility index (Phi) is 3.70. The summed E-state index contributed by atoms with van der Waals surface area (Å²) >= 11 is 1.37. The van der Waals surface area contributed by atoms with E-state index in [9.17, 15) is 4.79 Å². The number of hydrogen-bond donors (Lipinski definition) is 1. The second-order valence-corrected chi connectivity index (χ2v) is 6.18. The van der Waals surface area contributed by atoms with E-state index in [0.29, 0.717) is 22.2 Å². The molecule has 122 valence electrons. The van der Waals surface area contributed by atoms with Crippen LogP contribution in [0.15, 0.2) is 46.4 Å². The Morgan fingerprint density at radius 1 is 1.29 bits per heavy atom. The van der Waals surface area contributed by atoms with E-state index in [0.717, 1.165) is 11.3 Å². The van der Waals surface area contributed by atoms with Gasteiger partial charge in [0.15, 0.2) is 22.3 Å². The molecule has 3 aromatic rings. The third kappa shape index (κ3) is 2.74. The second kappa shape index (κ2) is 6.01. The van der Waals surface area contributed by atoms with Gasteiger partial charge in [-0.2, -0.15) is 0 Å². The molecule has 7 heteroatoms. The number of rotatable bonds is 4.